The van der Waals surface area contributed by atoms with E-state index in [2.05, 4.69) is 64.2 Å². The van der Waals surface area contributed by atoms with Gasteiger partial charge >= 0.3 is 0 Å². The number of hydrogen-bond donors (Lipinski definition) is 1. The lowest BCUT2D eigenvalue weighted by Gasteiger charge is -2.19. The van der Waals surface area contributed by atoms with Crippen LogP contribution in [0.3, 0.4) is 0 Å². The van der Waals surface area contributed by atoms with Crippen LogP contribution in [-0.2, 0) is 11.8 Å². The third-order valence-electron chi connectivity index (χ3n) is 4.59. The molecule has 2 rings (SSSR count). The SMILES string of the molecule is CC(C)c1ccc(CCCNC(=O)c2ccc(C(C)(C)C)cc2)cc1. The highest BCUT2D eigenvalue weighted by Gasteiger charge is 2.14. The largest absolute Gasteiger partial charge is 0.352 e. The number of carbonyl (C=O) groups excluding carboxylic acids is 1. The first-order valence-corrected chi connectivity index (χ1v) is 9.25. The molecule has 0 bridgehead atoms. The van der Waals surface area contributed by atoms with Crippen LogP contribution in [0.5, 0.6) is 0 Å². The van der Waals surface area contributed by atoms with Crippen molar-refractivity contribution in [3.8, 4) is 0 Å². The molecule has 0 aromatic heterocycles. The second-order valence-corrected chi connectivity index (χ2v) is 8.08. The van der Waals surface area contributed by atoms with E-state index < -0.39 is 0 Å². The average molecular weight is 338 g/mol. The van der Waals surface area contributed by atoms with Gasteiger partial charge in [0.25, 0.3) is 5.91 Å². The molecule has 25 heavy (non-hydrogen) atoms. The molecule has 2 aromatic rings. The first kappa shape index (κ1) is 19.2. The third-order valence-corrected chi connectivity index (χ3v) is 4.59. The van der Waals surface area contributed by atoms with Crippen molar-refractivity contribution in [2.24, 2.45) is 0 Å². The second kappa shape index (κ2) is 8.33. The molecule has 1 N–H and O–H groups in total. The van der Waals surface area contributed by atoms with Crippen LogP contribution in [0.4, 0.5) is 0 Å². The standard InChI is InChI=1S/C23H31NO/c1-17(2)19-10-8-18(9-11-19)7-6-16-24-22(25)20-12-14-21(15-13-20)23(3,4)5/h8-15,17H,6-7,16H2,1-5H3,(H,24,25). The summed E-state index contributed by atoms with van der Waals surface area (Å²) in [6, 6.07) is 16.7. The predicted octanol–water partition coefficient (Wildman–Crippen LogP) is 5.47. The Morgan fingerprint density at radius 1 is 0.960 bits per heavy atom. The van der Waals surface area contributed by atoms with E-state index in [1.807, 2.05) is 24.3 Å². The van der Waals surface area contributed by atoms with Crippen LogP contribution in [0.25, 0.3) is 0 Å². The summed E-state index contributed by atoms with van der Waals surface area (Å²) in [5, 5.41) is 3.02. The average Bonchev–Trinajstić information content (AvgIpc) is 2.58. The predicted molar refractivity (Wildman–Crippen MR) is 106 cm³/mol. The topological polar surface area (TPSA) is 29.1 Å². The van der Waals surface area contributed by atoms with Gasteiger partial charge in [0.2, 0.25) is 0 Å². The second-order valence-electron chi connectivity index (χ2n) is 8.08. The van der Waals surface area contributed by atoms with Gasteiger partial charge in [0.1, 0.15) is 0 Å². The molecule has 0 heterocycles. The monoisotopic (exact) mass is 337 g/mol. The zero-order chi connectivity index (χ0) is 18.4. The van der Waals surface area contributed by atoms with Gasteiger partial charge in [-0.25, -0.2) is 0 Å². The molecule has 2 heteroatoms. The summed E-state index contributed by atoms with van der Waals surface area (Å²) >= 11 is 0. The van der Waals surface area contributed by atoms with E-state index in [4.69, 9.17) is 0 Å². The van der Waals surface area contributed by atoms with Crippen molar-refractivity contribution < 1.29 is 4.79 Å². The van der Waals surface area contributed by atoms with E-state index in [1.165, 1.54) is 16.7 Å². The molecule has 0 aliphatic carbocycles. The molecule has 0 radical (unpaired) electrons. The highest BCUT2D eigenvalue weighted by atomic mass is 16.1. The summed E-state index contributed by atoms with van der Waals surface area (Å²) in [5.41, 5.74) is 4.78. The first-order chi connectivity index (χ1) is 11.8. The number of benzene rings is 2. The highest BCUT2D eigenvalue weighted by Crippen LogP contribution is 2.22. The maximum atomic E-state index is 12.2. The number of amides is 1. The van der Waals surface area contributed by atoms with Crippen molar-refractivity contribution in [3.05, 3.63) is 70.8 Å². The molecule has 0 spiro atoms. The Morgan fingerprint density at radius 3 is 2.08 bits per heavy atom. The van der Waals surface area contributed by atoms with E-state index in [0.29, 0.717) is 12.5 Å². The molecule has 0 aliphatic heterocycles. The molecular weight excluding hydrogens is 306 g/mol. The summed E-state index contributed by atoms with van der Waals surface area (Å²) in [4.78, 5) is 12.2. The molecule has 0 atom stereocenters. The van der Waals surface area contributed by atoms with E-state index in [1.54, 1.807) is 0 Å². The number of hydrogen-bond acceptors (Lipinski definition) is 1. The molecule has 0 saturated heterocycles. The van der Waals surface area contributed by atoms with Gasteiger partial charge in [0, 0.05) is 12.1 Å². The van der Waals surface area contributed by atoms with Gasteiger partial charge in [0.15, 0.2) is 0 Å². The molecule has 0 fully saturated rings. The quantitative estimate of drug-likeness (QED) is 0.696. The van der Waals surface area contributed by atoms with Crippen molar-refractivity contribution >= 4 is 5.91 Å². The Labute approximate surface area is 152 Å². The number of nitrogens with one attached hydrogen (secondary N) is 1. The van der Waals surface area contributed by atoms with Gasteiger partial charge in [0.05, 0.1) is 0 Å². The highest BCUT2D eigenvalue weighted by molar-refractivity contribution is 5.94. The minimum Gasteiger partial charge on any atom is -0.352 e. The molecular formula is C23H31NO. The van der Waals surface area contributed by atoms with Crippen molar-refractivity contribution in [1.82, 2.24) is 5.32 Å². The molecule has 1 amide bonds. The molecule has 2 aromatic carbocycles. The Kier molecular flexibility index (Phi) is 6.41. The van der Waals surface area contributed by atoms with E-state index in [-0.39, 0.29) is 11.3 Å². The van der Waals surface area contributed by atoms with Gasteiger partial charge in [-0.05, 0) is 53.0 Å². The van der Waals surface area contributed by atoms with Crippen LogP contribution >= 0.6 is 0 Å². The summed E-state index contributed by atoms with van der Waals surface area (Å²) in [6.07, 6.45) is 1.94. The molecule has 0 unspecified atom stereocenters. The molecule has 0 aliphatic rings. The number of aryl methyl sites for hydroxylation is 1. The fraction of sp³-hybridized carbons (Fsp3) is 0.435. The van der Waals surface area contributed by atoms with Crippen LogP contribution < -0.4 is 5.32 Å². The number of rotatable bonds is 6. The Hall–Kier alpha value is -2.09. The molecule has 2 nitrogen and oxygen atoms in total. The molecule has 0 saturated carbocycles. The Bertz CT molecular complexity index is 676. The van der Waals surface area contributed by atoms with E-state index >= 15 is 0 Å². The van der Waals surface area contributed by atoms with Crippen molar-refractivity contribution in [2.75, 3.05) is 6.54 Å². The van der Waals surface area contributed by atoms with Crippen LogP contribution in [0, 0.1) is 0 Å². The number of carbonyl (C=O) groups is 1. The lowest BCUT2D eigenvalue weighted by Crippen LogP contribution is -2.25. The van der Waals surface area contributed by atoms with E-state index in [0.717, 1.165) is 18.4 Å². The van der Waals surface area contributed by atoms with Crippen LogP contribution in [0.15, 0.2) is 48.5 Å². The summed E-state index contributed by atoms with van der Waals surface area (Å²) in [7, 11) is 0. The van der Waals surface area contributed by atoms with Gasteiger partial charge in [-0.1, -0.05) is 71.0 Å². The minimum absolute atomic E-state index is 0.00983. The smallest absolute Gasteiger partial charge is 0.251 e. The normalized spacial score (nSPS) is 11.6. The van der Waals surface area contributed by atoms with Gasteiger partial charge in [-0.2, -0.15) is 0 Å². The fourth-order valence-corrected chi connectivity index (χ4v) is 2.79. The van der Waals surface area contributed by atoms with Crippen molar-refractivity contribution in [3.63, 3.8) is 0 Å². The zero-order valence-corrected chi connectivity index (χ0v) is 16.2. The summed E-state index contributed by atoms with van der Waals surface area (Å²) in [6.45, 7) is 11.6. The van der Waals surface area contributed by atoms with Crippen molar-refractivity contribution in [2.45, 2.75) is 58.8 Å². The van der Waals surface area contributed by atoms with Crippen LogP contribution in [-0.4, -0.2) is 12.5 Å². The third kappa shape index (κ3) is 5.74. The molecule has 134 valence electrons. The lowest BCUT2D eigenvalue weighted by atomic mass is 9.87. The maximum absolute atomic E-state index is 12.2. The van der Waals surface area contributed by atoms with Gasteiger partial charge in [-0.3, -0.25) is 4.79 Å². The Morgan fingerprint density at radius 2 is 1.56 bits per heavy atom. The summed E-state index contributed by atoms with van der Waals surface area (Å²) < 4.78 is 0. The summed E-state index contributed by atoms with van der Waals surface area (Å²) in [5.74, 6) is 0.577. The van der Waals surface area contributed by atoms with Gasteiger partial charge < -0.3 is 5.32 Å². The van der Waals surface area contributed by atoms with Crippen molar-refractivity contribution in [1.29, 1.82) is 0 Å². The van der Waals surface area contributed by atoms with E-state index in [9.17, 15) is 4.79 Å². The first-order valence-electron chi connectivity index (χ1n) is 9.25. The Balaban J connectivity index is 1.78. The zero-order valence-electron chi connectivity index (χ0n) is 16.2. The van der Waals surface area contributed by atoms with Crippen LogP contribution in [0.1, 0.15) is 74.0 Å². The minimum atomic E-state index is 0.00983. The van der Waals surface area contributed by atoms with Crippen LogP contribution in [0.2, 0.25) is 0 Å². The van der Waals surface area contributed by atoms with Gasteiger partial charge in [-0.15, -0.1) is 0 Å². The maximum Gasteiger partial charge on any atom is 0.251 e. The lowest BCUT2D eigenvalue weighted by molar-refractivity contribution is 0.0953. The fourth-order valence-electron chi connectivity index (χ4n) is 2.79.